The van der Waals surface area contributed by atoms with Crippen molar-refractivity contribution in [3.63, 3.8) is 0 Å². The summed E-state index contributed by atoms with van der Waals surface area (Å²) in [5.74, 6) is -0.240. The Kier molecular flexibility index (Phi) is 7.82. The van der Waals surface area contributed by atoms with Crippen LogP contribution in [0.15, 0.2) is 66.0 Å². The number of ether oxygens (including phenoxy) is 1. The van der Waals surface area contributed by atoms with Gasteiger partial charge >= 0.3 is 5.97 Å². The van der Waals surface area contributed by atoms with Gasteiger partial charge in [0.15, 0.2) is 0 Å². The van der Waals surface area contributed by atoms with E-state index in [9.17, 15) is 4.79 Å². The van der Waals surface area contributed by atoms with Crippen LogP contribution in [0.2, 0.25) is 0 Å². The number of carbonyl (C=O) groups is 1. The van der Waals surface area contributed by atoms with Gasteiger partial charge in [0.2, 0.25) is 0 Å². The summed E-state index contributed by atoms with van der Waals surface area (Å²) in [6.07, 6.45) is 7.29. The summed E-state index contributed by atoms with van der Waals surface area (Å²) in [7, 11) is 0. The molecule has 0 radical (unpaired) electrons. The Morgan fingerprint density at radius 1 is 1.45 bits per heavy atom. The lowest BCUT2D eigenvalue weighted by atomic mass is 10.2. The van der Waals surface area contributed by atoms with Crippen molar-refractivity contribution >= 4 is 12.2 Å². The summed E-state index contributed by atoms with van der Waals surface area (Å²) in [6.45, 7) is 6.41. The molecule has 116 valence electrons. The molecule has 0 atom stereocenters. The Morgan fingerprint density at radius 3 is 2.91 bits per heavy atom. The van der Waals surface area contributed by atoms with E-state index in [2.05, 4.69) is 16.9 Å². The minimum absolute atomic E-state index is 0.457. The first-order valence-electron chi connectivity index (χ1n) is 6.87. The second kappa shape index (κ2) is 9.99. The number of hydrogen-bond acceptors (Lipinski definition) is 4. The normalized spacial score (nSPS) is 11.8. The van der Waals surface area contributed by atoms with Gasteiger partial charge in [0.05, 0.1) is 6.61 Å². The summed E-state index contributed by atoms with van der Waals surface area (Å²) < 4.78 is 5.54. The predicted molar refractivity (Wildman–Crippen MR) is 88.0 cm³/mol. The topological polar surface area (TPSA) is 70.9 Å². The van der Waals surface area contributed by atoms with Crippen LogP contribution in [0.1, 0.15) is 12.5 Å². The highest BCUT2D eigenvalue weighted by atomic mass is 16.5. The van der Waals surface area contributed by atoms with Crippen molar-refractivity contribution in [2.24, 2.45) is 4.99 Å². The number of para-hydroxylation sites is 1. The van der Waals surface area contributed by atoms with Crippen LogP contribution < -0.4 is 10.1 Å². The molecule has 0 fully saturated rings. The van der Waals surface area contributed by atoms with Gasteiger partial charge in [-0.15, -0.1) is 0 Å². The maximum absolute atomic E-state index is 10.9. The third-order valence-electron chi connectivity index (χ3n) is 2.59. The summed E-state index contributed by atoms with van der Waals surface area (Å²) >= 11 is 0. The van der Waals surface area contributed by atoms with Crippen LogP contribution >= 0.6 is 0 Å². The van der Waals surface area contributed by atoms with E-state index in [0.29, 0.717) is 18.8 Å². The molecule has 1 aromatic carbocycles. The number of carboxylic acid groups (broad SMARTS) is 1. The van der Waals surface area contributed by atoms with E-state index in [1.54, 1.807) is 12.2 Å². The first-order chi connectivity index (χ1) is 10.7. The number of allylic oxidation sites excluding steroid dienone is 2. The Bertz CT molecular complexity index is 589. The lowest BCUT2D eigenvalue weighted by Crippen LogP contribution is -2.14. The van der Waals surface area contributed by atoms with Crippen LogP contribution in [0.3, 0.4) is 0 Å². The van der Waals surface area contributed by atoms with Gasteiger partial charge in [-0.1, -0.05) is 24.8 Å². The van der Waals surface area contributed by atoms with Gasteiger partial charge in [-0.2, -0.15) is 0 Å². The highest BCUT2D eigenvalue weighted by Gasteiger charge is 2.03. The first-order valence-corrected chi connectivity index (χ1v) is 6.87. The zero-order valence-electron chi connectivity index (χ0n) is 12.5. The molecule has 0 saturated heterocycles. The smallest absolute Gasteiger partial charge is 0.330 e. The van der Waals surface area contributed by atoms with Crippen molar-refractivity contribution in [3.8, 4) is 5.75 Å². The Morgan fingerprint density at radius 2 is 2.23 bits per heavy atom. The van der Waals surface area contributed by atoms with Gasteiger partial charge < -0.3 is 15.2 Å². The van der Waals surface area contributed by atoms with Gasteiger partial charge in [-0.3, -0.25) is 4.99 Å². The van der Waals surface area contributed by atoms with E-state index in [1.807, 2.05) is 31.2 Å². The standard InChI is InChI=1S/C17H20N2O3/c1-3-18-11-7-9-15(12-17(20)21)19-13-14-8-5-6-10-16(14)22-4-2/h3,5-12,19H,1,4,13H2,2H3,(H,20,21)/b9-7-,15-12-,18-11+. The summed E-state index contributed by atoms with van der Waals surface area (Å²) in [4.78, 5) is 14.7. The SMILES string of the molecule is C=C/N=C/C=C\C(=C\C(=O)O)NCc1ccccc1OCC. The van der Waals surface area contributed by atoms with E-state index in [-0.39, 0.29) is 0 Å². The number of rotatable bonds is 9. The van der Waals surface area contributed by atoms with Crippen LogP contribution in [0, 0.1) is 0 Å². The van der Waals surface area contributed by atoms with E-state index in [1.165, 1.54) is 12.4 Å². The quantitative estimate of drug-likeness (QED) is 0.418. The molecule has 0 spiro atoms. The van der Waals surface area contributed by atoms with Crippen LogP contribution in [-0.2, 0) is 11.3 Å². The van der Waals surface area contributed by atoms with Crippen molar-refractivity contribution < 1.29 is 14.6 Å². The predicted octanol–water partition coefficient (Wildman–Crippen LogP) is 2.91. The number of nitrogens with one attached hydrogen (secondary N) is 1. The molecule has 0 aliphatic rings. The average molecular weight is 300 g/mol. The third-order valence-corrected chi connectivity index (χ3v) is 2.59. The van der Waals surface area contributed by atoms with E-state index >= 15 is 0 Å². The van der Waals surface area contributed by atoms with Crippen molar-refractivity contribution in [1.82, 2.24) is 5.32 Å². The van der Waals surface area contributed by atoms with Crippen molar-refractivity contribution in [2.45, 2.75) is 13.5 Å². The number of benzene rings is 1. The number of aliphatic carboxylic acids is 1. The van der Waals surface area contributed by atoms with Crippen molar-refractivity contribution in [2.75, 3.05) is 6.61 Å². The first kappa shape index (κ1) is 17.2. The largest absolute Gasteiger partial charge is 0.494 e. The summed E-state index contributed by atoms with van der Waals surface area (Å²) in [5, 5.41) is 12.0. The molecule has 5 heteroatoms. The van der Waals surface area contributed by atoms with Gasteiger partial charge in [0, 0.05) is 36.3 Å². The molecular formula is C17H20N2O3. The van der Waals surface area contributed by atoms with Gasteiger partial charge in [-0.25, -0.2) is 4.79 Å². The molecular weight excluding hydrogens is 280 g/mol. The van der Waals surface area contributed by atoms with Crippen molar-refractivity contribution in [1.29, 1.82) is 0 Å². The van der Waals surface area contributed by atoms with E-state index < -0.39 is 5.97 Å². The minimum atomic E-state index is -1.02. The molecule has 0 unspecified atom stereocenters. The molecule has 2 N–H and O–H groups in total. The van der Waals surface area contributed by atoms with Gasteiger partial charge in [-0.05, 0) is 25.1 Å². The number of nitrogens with zero attached hydrogens (tertiary/aromatic N) is 1. The minimum Gasteiger partial charge on any atom is -0.494 e. The molecule has 1 aromatic rings. The molecule has 0 aromatic heterocycles. The lowest BCUT2D eigenvalue weighted by molar-refractivity contribution is -0.131. The van der Waals surface area contributed by atoms with Crippen LogP contribution in [0.5, 0.6) is 5.75 Å². The Balaban J connectivity index is 2.79. The van der Waals surface area contributed by atoms with E-state index in [0.717, 1.165) is 17.4 Å². The van der Waals surface area contributed by atoms with Crippen molar-refractivity contribution in [3.05, 3.63) is 66.5 Å². The van der Waals surface area contributed by atoms with Crippen LogP contribution in [-0.4, -0.2) is 23.9 Å². The number of hydrogen-bond donors (Lipinski definition) is 2. The zero-order chi connectivity index (χ0) is 16.2. The maximum atomic E-state index is 10.9. The number of carboxylic acids is 1. The summed E-state index contributed by atoms with van der Waals surface area (Å²) in [6, 6.07) is 7.62. The lowest BCUT2D eigenvalue weighted by Gasteiger charge is -2.12. The fourth-order valence-electron chi connectivity index (χ4n) is 1.69. The fourth-order valence-corrected chi connectivity index (χ4v) is 1.69. The molecule has 22 heavy (non-hydrogen) atoms. The van der Waals surface area contributed by atoms with Gasteiger partial charge in [0.1, 0.15) is 5.75 Å². The molecule has 0 bridgehead atoms. The second-order valence-electron chi connectivity index (χ2n) is 4.17. The highest BCUT2D eigenvalue weighted by molar-refractivity contribution is 5.81. The molecule has 0 aliphatic heterocycles. The molecule has 0 saturated carbocycles. The van der Waals surface area contributed by atoms with Gasteiger partial charge in [0.25, 0.3) is 0 Å². The molecule has 0 heterocycles. The van der Waals surface area contributed by atoms with Crippen LogP contribution in [0.25, 0.3) is 0 Å². The molecule has 0 aliphatic carbocycles. The Hall–Kier alpha value is -2.82. The van der Waals surface area contributed by atoms with E-state index in [4.69, 9.17) is 9.84 Å². The summed E-state index contributed by atoms with van der Waals surface area (Å²) in [5.41, 5.74) is 1.42. The zero-order valence-corrected chi connectivity index (χ0v) is 12.5. The maximum Gasteiger partial charge on any atom is 0.330 e. The monoisotopic (exact) mass is 300 g/mol. The second-order valence-corrected chi connectivity index (χ2v) is 4.17. The third kappa shape index (κ3) is 6.56. The molecule has 5 nitrogen and oxygen atoms in total. The fraction of sp³-hybridized carbons (Fsp3) is 0.176. The number of aliphatic imine (C=N–C) groups is 1. The Labute approximate surface area is 130 Å². The molecule has 0 amide bonds. The average Bonchev–Trinajstić information content (AvgIpc) is 2.50. The highest BCUT2D eigenvalue weighted by Crippen LogP contribution is 2.17. The molecule has 1 rings (SSSR count). The van der Waals surface area contributed by atoms with Crippen LogP contribution in [0.4, 0.5) is 0 Å².